The highest BCUT2D eigenvalue weighted by Crippen LogP contribution is 2.31. The summed E-state index contributed by atoms with van der Waals surface area (Å²) in [5, 5.41) is 3.12. The van der Waals surface area contributed by atoms with Gasteiger partial charge in [-0.2, -0.15) is 0 Å². The number of nitrogens with two attached hydrogens (primary N) is 1. The Labute approximate surface area is 176 Å². The first-order chi connectivity index (χ1) is 14.5. The summed E-state index contributed by atoms with van der Waals surface area (Å²) < 4.78 is 39.3. The number of rotatable bonds is 9. The number of nitrogens with zero attached hydrogens (tertiary/aromatic N) is 1. The smallest absolute Gasteiger partial charge is 0.265 e. The average Bonchev–Trinajstić information content (AvgIpc) is 2.77. The molecule has 3 rings (SSSR count). The third kappa shape index (κ3) is 5.00. The third-order valence-electron chi connectivity index (χ3n) is 4.27. The molecule has 2 aromatic carbocycles. The largest absolute Gasteiger partial charge is 0.495 e. The van der Waals surface area contributed by atoms with E-state index >= 15 is 0 Å². The summed E-state index contributed by atoms with van der Waals surface area (Å²) in [5.41, 5.74) is 7.89. The van der Waals surface area contributed by atoms with Crippen LogP contribution in [-0.2, 0) is 10.0 Å². The Morgan fingerprint density at radius 3 is 2.47 bits per heavy atom. The molecule has 0 aliphatic carbocycles. The molecule has 30 heavy (non-hydrogen) atoms. The fourth-order valence-corrected chi connectivity index (χ4v) is 4.10. The zero-order chi connectivity index (χ0) is 21.6. The monoisotopic (exact) mass is 428 g/mol. The number of sulfonamides is 1. The number of nitrogens with one attached hydrogen (secondary N) is 2. The molecular formula is C21H24N4O4S. The maximum atomic E-state index is 13.1. The van der Waals surface area contributed by atoms with Gasteiger partial charge in [0.2, 0.25) is 5.88 Å². The minimum atomic E-state index is -3.93. The van der Waals surface area contributed by atoms with Gasteiger partial charge in [0.15, 0.2) is 0 Å². The van der Waals surface area contributed by atoms with Crippen molar-refractivity contribution in [2.75, 3.05) is 37.3 Å². The van der Waals surface area contributed by atoms with Crippen LogP contribution < -0.4 is 25.2 Å². The van der Waals surface area contributed by atoms with E-state index in [0.29, 0.717) is 35.9 Å². The molecule has 0 fully saturated rings. The van der Waals surface area contributed by atoms with Crippen LogP contribution in [0, 0.1) is 0 Å². The number of aromatic nitrogens is 1. The first-order valence-corrected chi connectivity index (χ1v) is 10.7. The minimum absolute atomic E-state index is 0.00689. The first-order valence-electron chi connectivity index (χ1n) is 9.23. The lowest BCUT2D eigenvalue weighted by atomic mass is 10.1. The molecule has 9 heteroatoms. The molecule has 158 valence electrons. The second kappa shape index (κ2) is 9.47. The van der Waals surface area contributed by atoms with Crippen molar-refractivity contribution < 1.29 is 17.9 Å². The zero-order valence-electron chi connectivity index (χ0n) is 16.8. The van der Waals surface area contributed by atoms with Gasteiger partial charge in [0, 0.05) is 30.4 Å². The van der Waals surface area contributed by atoms with Crippen molar-refractivity contribution in [1.29, 1.82) is 0 Å². The van der Waals surface area contributed by atoms with Crippen LogP contribution in [0.15, 0.2) is 65.6 Å². The Hall–Kier alpha value is -3.30. The fourth-order valence-electron chi connectivity index (χ4n) is 2.85. The van der Waals surface area contributed by atoms with Crippen molar-refractivity contribution >= 4 is 21.4 Å². The van der Waals surface area contributed by atoms with Gasteiger partial charge < -0.3 is 20.5 Å². The molecule has 0 bridgehead atoms. The predicted octanol–water partition coefficient (Wildman–Crippen LogP) is 2.94. The van der Waals surface area contributed by atoms with E-state index in [-0.39, 0.29) is 10.6 Å². The summed E-state index contributed by atoms with van der Waals surface area (Å²) in [6.45, 7) is 1.05. The van der Waals surface area contributed by atoms with E-state index in [0.717, 1.165) is 5.69 Å². The summed E-state index contributed by atoms with van der Waals surface area (Å²) in [5.74, 6) is 0.666. The van der Waals surface area contributed by atoms with Crippen LogP contribution in [0.25, 0.3) is 11.3 Å². The van der Waals surface area contributed by atoms with E-state index < -0.39 is 10.0 Å². The van der Waals surface area contributed by atoms with Gasteiger partial charge in [0.1, 0.15) is 10.6 Å². The van der Waals surface area contributed by atoms with Crippen LogP contribution in [-0.4, -0.2) is 40.7 Å². The van der Waals surface area contributed by atoms with Gasteiger partial charge in [-0.05, 0) is 42.5 Å². The number of ether oxygens (including phenoxy) is 2. The van der Waals surface area contributed by atoms with E-state index in [9.17, 15) is 8.42 Å². The topological polar surface area (TPSA) is 116 Å². The van der Waals surface area contributed by atoms with Gasteiger partial charge in [-0.15, -0.1) is 0 Å². The van der Waals surface area contributed by atoms with E-state index in [1.54, 1.807) is 48.5 Å². The van der Waals surface area contributed by atoms with Gasteiger partial charge in [-0.1, -0.05) is 12.1 Å². The summed E-state index contributed by atoms with van der Waals surface area (Å²) in [7, 11) is -0.976. The fraction of sp³-hybridized carbons (Fsp3) is 0.190. The van der Waals surface area contributed by atoms with Crippen LogP contribution in [0.4, 0.5) is 11.4 Å². The number of hydrogen-bond donors (Lipinski definition) is 3. The predicted molar refractivity (Wildman–Crippen MR) is 118 cm³/mol. The highest BCUT2D eigenvalue weighted by molar-refractivity contribution is 7.92. The van der Waals surface area contributed by atoms with Crippen molar-refractivity contribution in [2.24, 2.45) is 5.73 Å². The second-order valence-electron chi connectivity index (χ2n) is 6.33. The lowest BCUT2D eigenvalue weighted by Gasteiger charge is -2.14. The number of pyridine rings is 1. The molecule has 0 radical (unpaired) electrons. The first kappa shape index (κ1) is 21.4. The van der Waals surface area contributed by atoms with E-state index in [2.05, 4.69) is 15.0 Å². The molecule has 8 nitrogen and oxygen atoms in total. The number of methoxy groups -OCH3 is 2. The summed E-state index contributed by atoms with van der Waals surface area (Å²) >= 11 is 0. The summed E-state index contributed by atoms with van der Waals surface area (Å²) in [4.78, 5) is 4.37. The number of hydrogen-bond acceptors (Lipinski definition) is 7. The normalized spacial score (nSPS) is 11.0. The molecule has 1 heterocycles. The number of anilines is 2. The molecule has 3 aromatic rings. The lowest BCUT2D eigenvalue weighted by Crippen LogP contribution is -2.15. The Morgan fingerprint density at radius 2 is 1.73 bits per heavy atom. The van der Waals surface area contributed by atoms with Crippen molar-refractivity contribution in [1.82, 2.24) is 4.98 Å². The lowest BCUT2D eigenvalue weighted by molar-refractivity contribution is 0.398. The van der Waals surface area contributed by atoms with Crippen LogP contribution in [0.1, 0.15) is 0 Å². The standard InChI is InChI=1S/C21H24N4O4S/c1-28-19-10-9-15(18-7-4-8-21(24-18)29-2)13-20(19)30(26,27)25-17-6-3-5-16(14-17)23-12-11-22/h3-10,13-14,23,25H,11-12,22H2,1-2H3. The molecule has 4 N–H and O–H groups in total. The molecule has 0 saturated heterocycles. The van der Waals surface area contributed by atoms with Crippen molar-refractivity contribution in [2.45, 2.75) is 4.90 Å². The Balaban J connectivity index is 1.96. The minimum Gasteiger partial charge on any atom is -0.495 e. The molecule has 0 unspecified atom stereocenters. The number of benzene rings is 2. The van der Waals surface area contributed by atoms with Gasteiger partial charge in [0.05, 0.1) is 25.6 Å². The molecule has 0 aliphatic rings. The quantitative estimate of drug-likeness (QED) is 0.480. The molecule has 0 saturated carbocycles. The van der Waals surface area contributed by atoms with E-state index in [1.165, 1.54) is 20.3 Å². The van der Waals surface area contributed by atoms with Crippen molar-refractivity contribution in [3.63, 3.8) is 0 Å². The second-order valence-corrected chi connectivity index (χ2v) is 7.98. The zero-order valence-corrected chi connectivity index (χ0v) is 17.6. The molecule has 0 aliphatic heterocycles. The molecule has 0 atom stereocenters. The molecular weight excluding hydrogens is 404 g/mol. The van der Waals surface area contributed by atoms with Crippen LogP contribution in [0.5, 0.6) is 11.6 Å². The van der Waals surface area contributed by atoms with E-state index in [1.807, 2.05) is 6.07 Å². The molecule has 1 aromatic heterocycles. The maximum absolute atomic E-state index is 13.1. The SMILES string of the molecule is COc1cccc(-c2ccc(OC)c(S(=O)(=O)Nc3cccc(NCCN)c3)c2)n1. The van der Waals surface area contributed by atoms with Crippen LogP contribution >= 0.6 is 0 Å². The van der Waals surface area contributed by atoms with Gasteiger partial charge in [-0.3, -0.25) is 4.72 Å². The Morgan fingerprint density at radius 1 is 0.967 bits per heavy atom. The maximum Gasteiger partial charge on any atom is 0.265 e. The van der Waals surface area contributed by atoms with Gasteiger partial charge in [-0.25, -0.2) is 13.4 Å². The molecule has 0 spiro atoms. The van der Waals surface area contributed by atoms with E-state index in [4.69, 9.17) is 15.2 Å². The third-order valence-corrected chi connectivity index (χ3v) is 5.67. The Bertz CT molecular complexity index is 1120. The van der Waals surface area contributed by atoms with Crippen molar-refractivity contribution in [3.8, 4) is 22.9 Å². The molecule has 0 amide bonds. The van der Waals surface area contributed by atoms with Crippen LogP contribution in [0.3, 0.4) is 0 Å². The highest BCUT2D eigenvalue weighted by atomic mass is 32.2. The average molecular weight is 429 g/mol. The van der Waals surface area contributed by atoms with Gasteiger partial charge in [0.25, 0.3) is 10.0 Å². The Kier molecular flexibility index (Phi) is 6.76. The van der Waals surface area contributed by atoms with Crippen LogP contribution in [0.2, 0.25) is 0 Å². The van der Waals surface area contributed by atoms with Crippen molar-refractivity contribution in [3.05, 3.63) is 60.7 Å². The summed E-state index contributed by atoms with van der Waals surface area (Å²) in [6.07, 6.45) is 0. The van der Waals surface area contributed by atoms with Gasteiger partial charge >= 0.3 is 0 Å². The highest BCUT2D eigenvalue weighted by Gasteiger charge is 2.21. The summed E-state index contributed by atoms with van der Waals surface area (Å²) in [6, 6.07) is 17.1.